The van der Waals surface area contributed by atoms with E-state index in [0.29, 0.717) is 6.54 Å². The first-order chi connectivity index (χ1) is 8.45. The summed E-state index contributed by atoms with van der Waals surface area (Å²) in [5.74, 6) is -1.14. The minimum Gasteiger partial charge on any atom is -0.478 e. The van der Waals surface area contributed by atoms with E-state index in [0.717, 1.165) is 4.88 Å². The van der Waals surface area contributed by atoms with Crippen molar-refractivity contribution in [1.82, 2.24) is 5.32 Å². The van der Waals surface area contributed by atoms with Crippen LogP contribution in [0.15, 0.2) is 11.4 Å². The first-order valence-corrected chi connectivity index (χ1v) is 6.45. The van der Waals surface area contributed by atoms with Crippen molar-refractivity contribution in [3.63, 3.8) is 0 Å². The topological polar surface area (TPSA) is 75.6 Å². The van der Waals surface area contributed by atoms with Gasteiger partial charge in [0.1, 0.15) is 6.04 Å². The molecule has 0 aliphatic rings. The van der Waals surface area contributed by atoms with Crippen molar-refractivity contribution < 1.29 is 19.4 Å². The maximum atomic E-state index is 11.5. The average Bonchev–Trinajstić information content (AvgIpc) is 2.77. The molecule has 18 heavy (non-hydrogen) atoms. The van der Waals surface area contributed by atoms with Crippen LogP contribution in [0.4, 0.5) is 0 Å². The van der Waals surface area contributed by atoms with E-state index in [1.807, 2.05) is 13.8 Å². The number of nitrogens with one attached hydrogen (secondary N) is 1. The molecular weight excluding hydrogens is 254 g/mol. The number of carbonyl (C=O) groups excluding carboxylic acids is 1. The molecule has 0 aliphatic heterocycles. The lowest BCUT2D eigenvalue weighted by Crippen LogP contribution is -2.41. The minimum absolute atomic E-state index is 0.108. The highest BCUT2D eigenvalue weighted by Crippen LogP contribution is 2.15. The Morgan fingerprint density at radius 1 is 1.50 bits per heavy atom. The van der Waals surface area contributed by atoms with Gasteiger partial charge in [-0.25, -0.2) is 4.79 Å². The van der Waals surface area contributed by atoms with E-state index < -0.39 is 5.97 Å². The lowest BCUT2D eigenvalue weighted by molar-refractivity contribution is -0.144. The van der Waals surface area contributed by atoms with E-state index in [4.69, 9.17) is 9.84 Å². The number of methoxy groups -OCH3 is 1. The van der Waals surface area contributed by atoms with Crippen LogP contribution in [0, 0.1) is 5.92 Å². The lowest BCUT2D eigenvalue weighted by Gasteiger charge is -2.19. The smallest absolute Gasteiger partial charge is 0.336 e. The van der Waals surface area contributed by atoms with Crippen LogP contribution in [0.2, 0.25) is 0 Å². The van der Waals surface area contributed by atoms with Gasteiger partial charge in [0.25, 0.3) is 0 Å². The number of carbonyl (C=O) groups is 2. The lowest BCUT2D eigenvalue weighted by atomic mass is 10.0. The van der Waals surface area contributed by atoms with Crippen molar-refractivity contribution in [1.29, 1.82) is 0 Å². The second-order valence-corrected chi connectivity index (χ2v) is 5.23. The normalized spacial score (nSPS) is 12.4. The summed E-state index contributed by atoms with van der Waals surface area (Å²) in [6.07, 6.45) is 0. The van der Waals surface area contributed by atoms with Crippen LogP contribution in [-0.4, -0.2) is 30.2 Å². The molecule has 0 aromatic carbocycles. The maximum absolute atomic E-state index is 11.5. The molecule has 1 aromatic heterocycles. The monoisotopic (exact) mass is 271 g/mol. The van der Waals surface area contributed by atoms with Gasteiger partial charge in [0.15, 0.2) is 0 Å². The molecule has 1 heterocycles. The summed E-state index contributed by atoms with van der Waals surface area (Å²) in [5, 5.41) is 13.5. The molecule has 1 atom stereocenters. The van der Waals surface area contributed by atoms with Crippen LogP contribution in [0.1, 0.15) is 29.1 Å². The SMILES string of the molecule is COC(=O)C(NCc1cc(C(=O)O)cs1)C(C)C. The van der Waals surface area contributed by atoms with Crippen molar-refractivity contribution in [2.45, 2.75) is 26.4 Å². The number of carboxylic acid groups (broad SMARTS) is 1. The Labute approximate surface area is 110 Å². The number of hydrogen-bond acceptors (Lipinski definition) is 5. The third-order valence-electron chi connectivity index (χ3n) is 2.52. The second kappa shape index (κ2) is 6.51. The summed E-state index contributed by atoms with van der Waals surface area (Å²) >= 11 is 1.36. The average molecular weight is 271 g/mol. The van der Waals surface area contributed by atoms with Gasteiger partial charge in [-0.1, -0.05) is 13.8 Å². The molecule has 0 saturated heterocycles. The summed E-state index contributed by atoms with van der Waals surface area (Å²) in [4.78, 5) is 23.1. The van der Waals surface area contributed by atoms with Gasteiger partial charge < -0.3 is 9.84 Å². The highest BCUT2D eigenvalue weighted by atomic mass is 32.1. The number of thiophene rings is 1. The molecule has 6 heteroatoms. The van der Waals surface area contributed by atoms with Crippen LogP contribution in [0.25, 0.3) is 0 Å². The van der Waals surface area contributed by atoms with Gasteiger partial charge in [-0.2, -0.15) is 0 Å². The fraction of sp³-hybridized carbons (Fsp3) is 0.500. The first kappa shape index (κ1) is 14.7. The van der Waals surface area contributed by atoms with Crippen LogP contribution in [0.5, 0.6) is 0 Å². The molecule has 1 rings (SSSR count). The third kappa shape index (κ3) is 3.82. The number of aromatic carboxylic acids is 1. The molecule has 0 bridgehead atoms. The van der Waals surface area contributed by atoms with Gasteiger partial charge in [0.05, 0.1) is 12.7 Å². The Hall–Kier alpha value is -1.40. The van der Waals surface area contributed by atoms with Crippen LogP contribution >= 0.6 is 11.3 Å². The van der Waals surface area contributed by atoms with Gasteiger partial charge in [-0.15, -0.1) is 11.3 Å². The van der Waals surface area contributed by atoms with Crippen LogP contribution < -0.4 is 5.32 Å². The largest absolute Gasteiger partial charge is 0.478 e. The van der Waals surface area contributed by atoms with Crippen molar-refractivity contribution in [3.8, 4) is 0 Å². The van der Waals surface area contributed by atoms with E-state index in [1.54, 1.807) is 11.4 Å². The maximum Gasteiger partial charge on any atom is 0.336 e. The number of rotatable bonds is 6. The Bertz CT molecular complexity index is 427. The predicted molar refractivity (Wildman–Crippen MR) is 68.8 cm³/mol. The number of ether oxygens (including phenoxy) is 1. The molecule has 0 spiro atoms. The summed E-state index contributed by atoms with van der Waals surface area (Å²) in [7, 11) is 1.35. The summed E-state index contributed by atoms with van der Waals surface area (Å²) in [6, 6.07) is 1.22. The van der Waals surface area contributed by atoms with E-state index in [9.17, 15) is 9.59 Å². The Kier molecular flexibility index (Phi) is 5.30. The van der Waals surface area contributed by atoms with Gasteiger partial charge in [-0.3, -0.25) is 10.1 Å². The van der Waals surface area contributed by atoms with Crippen molar-refractivity contribution in [2.24, 2.45) is 5.92 Å². The Balaban J connectivity index is 2.61. The van der Waals surface area contributed by atoms with Gasteiger partial charge in [0.2, 0.25) is 0 Å². The number of carboxylic acids is 1. The van der Waals surface area contributed by atoms with E-state index in [1.165, 1.54) is 18.4 Å². The predicted octanol–water partition coefficient (Wildman–Crippen LogP) is 1.73. The number of hydrogen-bond donors (Lipinski definition) is 2. The molecule has 0 radical (unpaired) electrons. The van der Waals surface area contributed by atoms with Crippen LogP contribution in [-0.2, 0) is 16.1 Å². The summed E-state index contributed by atoms with van der Waals surface area (Å²) in [5.41, 5.74) is 0.274. The van der Waals surface area contributed by atoms with E-state index >= 15 is 0 Å². The third-order valence-corrected chi connectivity index (χ3v) is 3.46. The van der Waals surface area contributed by atoms with Gasteiger partial charge >= 0.3 is 11.9 Å². The highest BCUT2D eigenvalue weighted by molar-refractivity contribution is 7.10. The standard InChI is InChI=1S/C12H17NO4S/c1-7(2)10(12(16)17-3)13-5-9-4-8(6-18-9)11(14)15/h4,6-7,10,13H,5H2,1-3H3,(H,14,15). The Morgan fingerprint density at radius 3 is 2.61 bits per heavy atom. The molecule has 5 nitrogen and oxygen atoms in total. The fourth-order valence-electron chi connectivity index (χ4n) is 1.51. The number of esters is 1. The molecule has 1 unspecified atom stereocenters. The molecular formula is C12H17NO4S. The molecule has 1 aromatic rings. The van der Waals surface area contributed by atoms with Crippen molar-refractivity contribution in [2.75, 3.05) is 7.11 Å². The van der Waals surface area contributed by atoms with E-state index in [-0.39, 0.29) is 23.5 Å². The molecule has 0 fully saturated rings. The highest BCUT2D eigenvalue weighted by Gasteiger charge is 2.22. The van der Waals surface area contributed by atoms with Gasteiger partial charge in [-0.05, 0) is 12.0 Å². The van der Waals surface area contributed by atoms with Crippen molar-refractivity contribution in [3.05, 3.63) is 21.9 Å². The second-order valence-electron chi connectivity index (χ2n) is 4.23. The molecule has 2 N–H and O–H groups in total. The van der Waals surface area contributed by atoms with Crippen LogP contribution in [0.3, 0.4) is 0 Å². The molecule has 0 amide bonds. The van der Waals surface area contributed by atoms with Gasteiger partial charge in [0, 0.05) is 16.8 Å². The molecule has 0 saturated carbocycles. The minimum atomic E-state index is -0.939. The quantitative estimate of drug-likeness (QED) is 0.771. The Morgan fingerprint density at radius 2 is 2.17 bits per heavy atom. The first-order valence-electron chi connectivity index (χ1n) is 5.57. The van der Waals surface area contributed by atoms with E-state index in [2.05, 4.69) is 5.32 Å². The summed E-state index contributed by atoms with van der Waals surface area (Å²) < 4.78 is 4.71. The summed E-state index contributed by atoms with van der Waals surface area (Å²) in [6.45, 7) is 4.30. The zero-order valence-corrected chi connectivity index (χ0v) is 11.4. The van der Waals surface area contributed by atoms with Crippen molar-refractivity contribution >= 4 is 23.3 Å². The molecule has 0 aliphatic carbocycles. The fourth-order valence-corrected chi connectivity index (χ4v) is 2.32. The molecule has 100 valence electrons. The zero-order chi connectivity index (χ0) is 13.7. The zero-order valence-electron chi connectivity index (χ0n) is 10.6.